The summed E-state index contributed by atoms with van der Waals surface area (Å²) in [6.07, 6.45) is 5.23. The number of amides is 1. The van der Waals surface area contributed by atoms with Gasteiger partial charge in [0.25, 0.3) is 5.91 Å². The normalized spacial score (nSPS) is 14.1. The molecule has 29 heavy (non-hydrogen) atoms. The molecule has 3 aromatic rings. The van der Waals surface area contributed by atoms with E-state index in [1.165, 1.54) is 11.8 Å². The maximum atomic E-state index is 12.8. The maximum absolute atomic E-state index is 12.8. The number of allylic oxidation sites excluding steroid dienone is 1. The van der Waals surface area contributed by atoms with Gasteiger partial charge in [0.1, 0.15) is 5.65 Å². The number of nitrogens with two attached hydrogens (primary N) is 1. The van der Waals surface area contributed by atoms with E-state index in [2.05, 4.69) is 22.1 Å². The van der Waals surface area contributed by atoms with Crippen molar-refractivity contribution in [2.75, 3.05) is 13.1 Å². The second-order valence-electron chi connectivity index (χ2n) is 6.83. The molecule has 4 N–H and O–H groups in total. The molecule has 4 rings (SSSR count). The van der Waals surface area contributed by atoms with E-state index in [1.807, 2.05) is 43.0 Å². The van der Waals surface area contributed by atoms with Crippen LogP contribution < -0.4 is 5.73 Å². The third-order valence-corrected chi connectivity index (χ3v) is 5.01. The van der Waals surface area contributed by atoms with Gasteiger partial charge in [0.2, 0.25) is 0 Å². The summed E-state index contributed by atoms with van der Waals surface area (Å²) < 4.78 is 0. The number of carbonyl (C=O) groups excluding carboxylic acids is 1. The fourth-order valence-corrected chi connectivity index (χ4v) is 3.53. The Hall–Kier alpha value is -3.41. The summed E-state index contributed by atoms with van der Waals surface area (Å²) in [5.74, 6) is 0.540. The van der Waals surface area contributed by atoms with E-state index in [9.17, 15) is 4.79 Å². The molecule has 0 atom stereocenters. The quantitative estimate of drug-likeness (QED) is 0.578. The Balaban J connectivity index is 0.00000117. The first-order chi connectivity index (χ1) is 14.2. The molecule has 0 saturated carbocycles. The molecule has 1 amide bonds. The van der Waals surface area contributed by atoms with Crippen LogP contribution in [0.4, 0.5) is 0 Å². The number of aromatic amines is 1. The zero-order chi connectivity index (χ0) is 20.8. The molecule has 1 aliphatic heterocycles. The van der Waals surface area contributed by atoms with Gasteiger partial charge >= 0.3 is 0 Å². The van der Waals surface area contributed by atoms with Gasteiger partial charge in [-0.1, -0.05) is 44.2 Å². The van der Waals surface area contributed by atoms with Crippen LogP contribution in [0.5, 0.6) is 0 Å². The number of aromatic nitrogens is 2. The van der Waals surface area contributed by atoms with Gasteiger partial charge in [0.15, 0.2) is 0 Å². The highest BCUT2D eigenvalue weighted by Gasteiger charge is 2.32. The first-order valence-electron chi connectivity index (χ1n) is 9.93. The number of fused-ring (bicyclic) bond motifs is 1. The minimum Gasteiger partial charge on any atom is -0.404 e. The topological polar surface area (TPSA) is 98.9 Å². The fraction of sp³-hybridized carbons (Fsp3) is 0.261. The van der Waals surface area contributed by atoms with Crippen LogP contribution in [-0.2, 0) is 6.42 Å². The molecule has 1 aromatic carbocycles. The zero-order valence-corrected chi connectivity index (χ0v) is 16.9. The lowest BCUT2D eigenvalue weighted by atomic mass is 9.91. The minimum absolute atomic E-state index is 0.0294. The maximum Gasteiger partial charge on any atom is 0.256 e. The molecule has 0 bridgehead atoms. The zero-order valence-electron chi connectivity index (χ0n) is 16.9. The van der Waals surface area contributed by atoms with Gasteiger partial charge in [0.05, 0.1) is 11.3 Å². The van der Waals surface area contributed by atoms with Crippen molar-refractivity contribution < 1.29 is 4.79 Å². The fourth-order valence-electron chi connectivity index (χ4n) is 3.53. The molecule has 0 spiro atoms. The monoisotopic (exact) mass is 389 g/mol. The Labute approximate surface area is 171 Å². The number of likely N-dealkylation sites (tertiary alicyclic amines) is 1. The van der Waals surface area contributed by atoms with Crippen molar-refractivity contribution in [1.29, 1.82) is 5.41 Å². The number of nitrogens with one attached hydrogen (secondary N) is 2. The first-order valence-corrected chi connectivity index (χ1v) is 9.93. The lowest BCUT2D eigenvalue weighted by Crippen LogP contribution is -2.50. The molecular formula is C23H27N5O. The number of carbonyl (C=O) groups is 1. The summed E-state index contributed by atoms with van der Waals surface area (Å²) in [7, 11) is 0. The Morgan fingerprint density at radius 3 is 2.62 bits per heavy atom. The van der Waals surface area contributed by atoms with Crippen LogP contribution in [0.2, 0.25) is 0 Å². The van der Waals surface area contributed by atoms with Crippen molar-refractivity contribution in [3.8, 4) is 0 Å². The van der Waals surface area contributed by atoms with Crippen LogP contribution in [0, 0.1) is 11.3 Å². The Morgan fingerprint density at radius 1 is 1.24 bits per heavy atom. The van der Waals surface area contributed by atoms with Gasteiger partial charge < -0.3 is 21.0 Å². The lowest BCUT2D eigenvalue weighted by molar-refractivity contribution is 0.0503. The molecule has 6 nitrogen and oxygen atoms in total. The number of hydrogen-bond acceptors (Lipinski definition) is 4. The van der Waals surface area contributed by atoms with Gasteiger partial charge in [-0.25, -0.2) is 4.98 Å². The van der Waals surface area contributed by atoms with E-state index in [1.54, 1.807) is 12.3 Å². The summed E-state index contributed by atoms with van der Waals surface area (Å²) in [6, 6.07) is 14.0. The molecule has 1 saturated heterocycles. The highest BCUT2D eigenvalue weighted by molar-refractivity contribution is 6.09. The smallest absolute Gasteiger partial charge is 0.256 e. The molecular weight excluding hydrogens is 362 g/mol. The molecule has 6 heteroatoms. The molecule has 2 aromatic heterocycles. The minimum atomic E-state index is 0.0294. The summed E-state index contributed by atoms with van der Waals surface area (Å²) >= 11 is 0. The van der Waals surface area contributed by atoms with E-state index in [-0.39, 0.29) is 5.91 Å². The molecule has 0 unspecified atom stereocenters. The highest BCUT2D eigenvalue weighted by Crippen LogP contribution is 2.26. The van der Waals surface area contributed by atoms with Crippen molar-refractivity contribution in [3.05, 3.63) is 71.7 Å². The van der Waals surface area contributed by atoms with Crippen LogP contribution in [0.15, 0.2) is 54.9 Å². The third kappa shape index (κ3) is 4.21. The van der Waals surface area contributed by atoms with Crippen molar-refractivity contribution in [3.63, 3.8) is 0 Å². The number of benzene rings is 1. The van der Waals surface area contributed by atoms with E-state index >= 15 is 0 Å². The highest BCUT2D eigenvalue weighted by atomic mass is 16.2. The number of H-pyrrole nitrogens is 1. The van der Waals surface area contributed by atoms with Gasteiger partial charge in [-0.05, 0) is 30.0 Å². The average molecular weight is 390 g/mol. The standard InChI is InChI=1S/C21H21N5O.C2H6/c22-9-16(10-23)19-7-6-17-18(11-24-20(17)25-19)21(27)26-12-15(13-26)8-14-4-2-1-3-5-14;1-2/h1-7,9-11,15,22H,8,12-13,23H2,(H,24,25);1-2H3/b16-10+,22-9?;. The van der Waals surface area contributed by atoms with Gasteiger partial charge in [-0.2, -0.15) is 0 Å². The number of nitrogens with zero attached hydrogens (tertiary/aromatic N) is 2. The van der Waals surface area contributed by atoms with Crippen molar-refractivity contribution >= 4 is 28.7 Å². The van der Waals surface area contributed by atoms with Crippen molar-refractivity contribution in [1.82, 2.24) is 14.9 Å². The van der Waals surface area contributed by atoms with E-state index in [4.69, 9.17) is 11.1 Å². The number of pyridine rings is 1. The molecule has 1 aliphatic rings. The van der Waals surface area contributed by atoms with Crippen LogP contribution in [0.1, 0.15) is 35.5 Å². The summed E-state index contributed by atoms with van der Waals surface area (Å²) in [4.78, 5) is 22.3. The largest absolute Gasteiger partial charge is 0.404 e. The molecule has 3 heterocycles. The van der Waals surface area contributed by atoms with Gasteiger partial charge in [0, 0.05) is 42.7 Å². The third-order valence-electron chi connectivity index (χ3n) is 5.01. The Bertz CT molecular complexity index is 1020. The molecule has 0 radical (unpaired) electrons. The number of rotatable bonds is 5. The van der Waals surface area contributed by atoms with Gasteiger partial charge in [-0.3, -0.25) is 4.79 Å². The second-order valence-corrected chi connectivity index (χ2v) is 6.83. The summed E-state index contributed by atoms with van der Waals surface area (Å²) in [5, 5.41) is 8.17. The van der Waals surface area contributed by atoms with Crippen molar-refractivity contribution in [2.45, 2.75) is 20.3 Å². The lowest BCUT2D eigenvalue weighted by Gasteiger charge is -2.39. The number of hydrogen-bond donors (Lipinski definition) is 3. The van der Waals surface area contributed by atoms with Gasteiger partial charge in [-0.15, -0.1) is 0 Å². The Kier molecular flexibility index (Phi) is 6.44. The predicted molar refractivity (Wildman–Crippen MR) is 118 cm³/mol. The Morgan fingerprint density at radius 2 is 1.97 bits per heavy atom. The second kappa shape index (κ2) is 9.19. The van der Waals surface area contributed by atoms with Crippen LogP contribution in [0.25, 0.3) is 16.6 Å². The average Bonchev–Trinajstić information content (AvgIpc) is 3.16. The predicted octanol–water partition coefficient (Wildman–Crippen LogP) is 3.85. The SMILES string of the molecule is CC.N=C/C(=C\N)c1ccc2c(C(=O)N3CC(Cc4ccccc4)C3)c[nH]c2n1. The molecule has 0 aliphatic carbocycles. The van der Waals surface area contributed by atoms with E-state index in [0.717, 1.165) is 31.1 Å². The van der Waals surface area contributed by atoms with Crippen LogP contribution >= 0.6 is 0 Å². The van der Waals surface area contributed by atoms with E-state index in [0.29, 0.717) is 28.4 Å². The first kappa shape index (κ1) is 20.3. The summed E-state index contributed by atoms with van der Waals surface area (Å²) in [5.41, 5.74) is 9.23. The molecule has 1 fully saturated rings. The van der Waals surface area contributed by atoms with E-state index < -0.39 is 0 Å². The van der Waals surface area contributed by atoms with Crippen LogP contribution in [-0.4, -0.2) is 40.1 Å². The van der Waals surface area contributed by atoms with Crippen molar-refractivity contribution in [2.24, 2.45) is 11.7 Å². The summed E-state index contributed by atoms with van der Waals surface area (Å²) in [6.45, 7) is 5.56. The molecule has 150 valence electrons. The van der Waals surface area contributed by atoms with Crippen LogP contribution in [0.3, 0.4) is 0 Å².